The van der Waals surface area contributed by atoms with Gasteiger partial charge in [0, 0.05) is 16.9 Å². The molecule has 3 N–H and O–H groups in total. The van der Waals surface area contributed by atoms with Crippen molar-refractivity contribution in [1.82, 2.24) is 0 Å². The SMILES string of the molecule is CC1(C)O[C@@H]2C[C@H]3[C@@H]4C=C(O)C5=CC(=O)C=C[C@]5(C)[C@@]4(F)[C@@H](O)C[C@]3(C)[C@]2(C(=O)CO)O1. The number of carbonyl (C=O) groups is 2. The molecular formula is C24H29FO7. The summed E-state index contributed by atoms with van der Waals surface area (Å²) in [4.78, 5) is 25.1. The molecule has 0 bridgehead atoms. The lowest BCUT2D eigenvalue weighted by Gasteiger charge is -2.61. The van der Waals surface area contributed by atoms with Gasteiger partial charge in [-0.15, -0.1) is 0 Å². The predicted molar refractivity (Wildman–Crippen MR) is 110 cm³/mol. The van der Waals surface area contributed by atoms with Gasteiger partial charge in [-0.05, 0) is 57.8 Å². The van der Waals surface area contributed by atoms with Crippen LogP contribution in [0.15, 0.2) is 35.6 Å². The van der Waals surface area contributed by atoms with Crippen LogP contribution in [0.2, 0.25) is 0 Å². The summed E-state index contributed by atoms with van der Waals surface area (Å²) in [6, 6.07) is 0. The first-order valence-corrected chi connectivity index (χ1v) is 11.0. The molecule has 0 unspecified atom stereocenters. The highest BCUT2D eigenvalue weighted by Crippen LogP contribution is 2.71. The number of ether oxygens (including phenoxy) is 2. The first kappa shape index (κ1) is 21.9. The Kier molecular flexibility index (Phi) is 4.23. The van der Waals surface area contributed by atoms with Crippen LogP contribution in [0.5, 0.6) is 0 Å². The molecule has 4 aliphatic carbocycles. The number of hydrogen-bond acceptors (Lipinski definition) is 7. The van der Waals surface area contributed by atoms with Crippen LogP contribution in [-0.2, 0) is 19.1 Å². The number of alkyl halides is 1. The first-order valence-electron chi connectivity index (χ1n) is 11.0. The van der Waals surface area contributed by atoms with Crippen molar-refractivity contribution in [3.8, 4) is 0 Å². The fourth-order valence-electron chi connectivity index (χ4n) is 7.49. The van der Waals surface area contributed by atoms with Crippen LogP contribution in [0.4, 0.5) is 4.39 Å². The molecule has 8 heteroatoms. The van der Waals surface area contributed by atoms with Crippen LogP contribution in [0.25, 0.3) is 0 Å². The standard InChI is InChI=1S/C24H29FO7/c1-20(2)31-19-9-13-14-8-16(28)15-7-12(27)5-6-21(15,3)23(14,25)17(29)10-22(13,4)24(19,32-20)18(30)11-26/h5-8,13-14,17,19,26,28-29H,9-11H2,1-4H3/t13-,14-,17-,19+,21-,22-,23-,24+/m0/s1. The maximum Gasteiger partial charge on any atom is 0.193 e. The fourth-order valence-corrected chi connectivity index (χ4v) is 7.49. The van der Waals surface area contributed by atoms with Crippen molar-refractivity contribution in [2.45, 2.75) is 69.8 Å². The third kappa shape index (κ3) is 2.24. The van der Waals surface area contributed by atoms with E-state index in [4.69, 9.17) is 9.47 Å². The van der Waals surface area contributed by atoms with Crippen molar-refractivity contribution in [2.75, 3.05) is 6.61 Å². The fraction of sp³-hybridized carbons (Fsp3) is 0.667. The Morgan fingerprint density at radius 2 is 1.97 bits per heavy atom. The van der Waals surface area contributed by atoms with Crippen LogP contribution in [-0.4, -0.2) is 62.8 Å². The van der Waals surface area contributed by atoms with Gasteiger partial charge in [0.15, 0.2) is 28.6 Å². The molecule has 0 aromatic rings. The largest absolute Gasteiger partial charge is 0.508 e. The van der Waals surface area contributed by atoms with E-state index in [0.717, 1.165) is 0 Å². The van der Waals surface area contributed by atoms with Gasteiger partial charge < -0.3 is 24.8 Å². The maximum absolute atomic E-state index is 17.2. The van der Waals surface area contributed by atoms with Gasteiger partial charge >= 0.3 is 0 Å². The van der Waals surface area contributed by atoms with Gasteiger partial charge in [0.2, 0.25) is 0 Å². The Morgan fingerprint density at radius 1 is 1.28 bits per heavy atom. The van der Waals surface area contributed by atoms with E-state index in [1.807, 2.05) is 0 Å². The zero-order valence-corrected chi connectivity index (χ0v) is 18.6. The van der Waals surface area contributed by atoms with E-state index in [9.17, 15) is 24.9 Å². The van der Waals surface area contributed by atoms with Crippen molar-refractivity contribution in [3.05, 3.63) is 35.6 Å². The van der Waals surface area contributed by atoms with Crippen LogP contribution >= 0.6 is 0 Å². The summed E-state index contributed by atoms with van der Waals surface area (Å²) < 4.78 is 29.4. The second kappa shape index (κ2) is 6.17. The summed E-state index contributed by atoms with van der Waals surface area (Å²) in [6.45, 7) is 5.95. The number of allylic oxidation sites excluding steroid dienone is 5. The van der Waals surface area contributed by atoms with E-state index < -0.39 is 64.3 Å². The van der Waals surface area contributed by atoms with Gasteiger partial charge in [0.05, 0.1) is 17.6 Å². The Morgan fingerprint density at radius 3 is 2.62 bits per heavy atom. The Labute approximate surface area is 185 Å². The molecule has 0 amide bonds. The number of ketones is 2. The van der Waals surface area contributed by atoms with Gasteiger partial charge in [-0.2, -0.15) is 0 Å². The average molecular weight is 448 g/mol. The molecule has 0 radical (unpaired) electrons. The summed E-state index contributed by atoms with van der Waals surface area (Å²) in [5.41, 5.74) is -6.13. The van der Waals surface area contributed by atoms with Gasteiger partial charge in [-0.3, -0.25) is 9.59 Å². The molecule has 0 aromatic heterocycles. The molecule has 2 saturated carbocycles. The molecular weight excluding hydrogens is 419 g/mol. The van der Waals surface area contributed by atoms with Crippen molar-refractivity contribution in [2.24, 2.45) is 22.7 Å². The van der Waals surface area contributed by atoms with Gasteiger partial charge in [0.25, 0.3) is 0 Å². The third-order valence-electron chi connectivity index (χ3n) is 8.84. The van der Waals surface area contributed by atoms with E-state index in [2.05, 4.69) is 0 Å². The Balaban J connectivity index is 1.70. The minimum Gasteiger partial charge on any atom is -0.508 e. The van der Waals surface area contributed by atoms with Crippen LogP contribution in [0.3, 0.4) is 0 Å². The highest BCUT2D eigenvalue weighted by atomic mass is 19.1. The minimum absolute atomic E-state index is 0.106. The molecule has 3 fully saturated rings. The van der Waals surface area contributed by atoms with Crippen molar-refractivity contribution < 1.29 is 38.8 Å². The molecule has 1 heterocycles. The number of aliphatic hydroxyl groups excluding tert-OH is 3. The molecule has 0 spiro atoms. The lowest BCUT2D eigenvalue weighted by Crippen LogP contribution is -2.69. The van der Waals surface area contributed by atoms with Crippen LogP contribution < -0.4 is 0 Å². The number of rotatable bonds is 2. The summed E-state index contributed by atoms with van der Waals surface area (Å²) >= 11 is 0. The number of aliphatic hydroxyl groups is 3. The van der Waals surface area contributed by atoms with Crippen LogP contribution in [0.1, 0.15) is 40.5 Å². The summed E-state index contributed by atoms with van der Waals surface area (Å²) in [5.74, 6) is -3.71. The molecule has 32 heavy (non-hydrogen) atoms. The molecule has 0 aromatic carbocycles. The summed E-state index contributed by atoms with van der Waals surface area (Å²) in [7, 11) is 0. The zero-order valence-electron chi connectivity index (χ0n) is 18.6. The number of Topliss-reactive ketones (excluding diaryl/α,β-unsaturated/α-hetero) is 1. The van der Waals surface area contributed by atoms with E-state index in [1.165, 1.54) is 24.3 Å². The normalized spacial score (nSPS) is 50.7. The quantitative estimate of drug-likeness (QED) is 0.593. The van der Waals surface area contributed by atoms with Crippen molar-refractivity contribution in [3.63, 3.8) is 0 Å². The highest BCUT2D eigenvalue weighted by Gasteiger charge is 2.80. The van der Waals surface area contributed by atoms with Gasteiger partial charge in [-0.1, -0.05) is 13.0 Å². The maximum atomic E-state index is 17.2. The minimum atomic E-state index is -2.23. The van der Waals surface area contributed by atoms with Crippen molar-refractivity contribution >= 4 is 11.6 Å². The van der Waals surface area contributed by atoms with Crippen LogP contribution in [0, 0.1) is 22.7 Å². The predicted octanol–water partition coefficient (Wildman–Crippen LogP) is 2.08. The molecule has 174 valence electrons. The first-order chi connectivity index (χ1) is 14.8. The lowest BCUT2D eigenvalue weighted by molar-refractivity contribution is -0.237. The van der Waals surface area contributed by atoms with E-state index in [0.29, 0.717) is 0 Å². The lowest BCUT2D eigenvalue weighted by atomic mass is 9.46. The summed E-state index contributed by atoms with van der Waals surface area (Å²) in [6.07, 6.45) is 3.16. The molecule has 5 aliphatic rings. The third-order valence-corrected chi connectivity index (χ3v) is 8.84. The zero-order chi connectivity index (χ0) is 23.5. The molecule has 8 atom stereocenters. The second-order valence-electron chi connectivity index (χ2n) is 10.7. The van der Waals surface area contributed by atoms with E-state index >= 15 is 4.39 Å². The van der Waals surface area contributed by atoms with Gasteiger partial charge in [-0.25, -0.2) is 4.39 Å². The smallest absolute Gasteiger partial charge is 0.193 e. The van der Waals surface area contributed by atoms with Crippen molar-refractivity contribution in [1.29, 1.82) is 0 Å². The number of halogens is 1. The number of hydrogen-bond donors (Lipinski definition) is 3. The van der Waals surface area contributed by atoms with E-state index in [1.54, 1.807) is 27.7 Å². The Bertz CT molecular complexity index is 1010. The second-order valence-corrected chi connectivity index (χ2v) is 10.7. The Hall–Kier alpha value is -1.87. The van der Waals surface area contributed by atoms with E-state index in [-0.39, 0.29) is 30.0 Å². The summed E-state index contributed by atoms with van der Waals surface area (Å²) in [5, 5.41) is 32.0. The van der Waals surface area contributed by atoms with Gasteiger partial charge in [0.1, 0.15) is 12.4 Å². The molecule has 7 nitrogen and oxygen atoms in total. The topological polar surface area (TPSA) is 113 Å². The molecule has 5 rings (SSSR count). The average Bonchev–Trinajstić information content (AvgIpc) is 3.11. The number of carbonyl (C=O) groups excluding carboxylic acids is 2. The monoisotopic (exact) mass is 448 g/mol. The number of fused-ring (bicyclic) bond motifs is 7. The highest BCUT2D eigenvalue weighted by molar-refractivity contribution is 6.02. The molecule has 1 saturated heterocycles. The molecule has 1 aliphatic heterocycles.